The van der Waals surface area contributed by atoms with Gasteiger partial charge in [0.25, 0.3) is 0 Å². The van der Waals surface area contributed by atoms with Crippen LogP contribution in [0, 0.1) is 0 Å². The average molecular weight is 1360 g/mol. The molecule has 0 aliphatic heterocycles. The zero-order valence-electron chi connectivity index (χ0n) is 56.5. The van der Waals surface area contributed by atoms with E-state index in [0.29, 0.717) is 0 Å². The molecule has 484 valence electrons. The number of thiophene rings is 2. The second kappa shape index (κ2) is 25.6. The van der Waals surface area contributed by atoms with Gasteiger partial charge in [-0.05, 0) is 162 Å². The molecule has 21 aromatic rings. The zero-order valence-corrected chi connectivity index (χ0v) is 58.1. The molecule has 2 nitrogen and oxygen atoms in total. The number of nitrogens with zero attached hydrogens (tertiary/aromatic N) is 2. The molecule has 0 saturated heterocycles. The molecule has 0 aliphatic carbocycles. The van der Waals surface area contributed by atoms with Gasteiger partial charge in [-0.25, -0.2) is 0 Å². The molecule has 0 spiro atoms. The van der Waals surface area contributed by atoms with Gasteiger partial charge >= 0.3 is 0 Å². The molecule has 0 radical (unpaired) electrons. The molecule has 17 aromatic carbocycles. The molecular weight excluding hydrogens is 1290 g/mol. The normalized spacial score (nSPS) is 11.7. The molecule has 4 aromatic heterocycles. The molecule has 0 N–H and O–H groups in total. The SMILES string of the molecule is c1ccc(-c2ccc(-c3c4ccccc4c(-c4ccc(-c5ccc(-c6ccc7sc8c9ccccc9ccc8c7c6)cc5)cn4)c4ccccc34)cc2)cc1.c1ccc(-c2ccc(-c3c4ccccc4c(-c4ccc(-c5cccc6sc7c8ccccc8ccc7c56)cn4)c4ccccc34)cc2)cc1. The van der Waals surface area contributed by atoms with Crippen LogP contribution in [0.5, 0.6) is 0 Å². The van der Waals surface area contributed by atoms with Gasteiger partial charge in [-0.2, -0.15) is 0 Å². The molecule has 0 fully saturated rings. The van der Waals surface area contributed by atoms with Crippen LogP contribution in [-0.4, -0.2) is 9.97 Å². The number of hydrogen-bond acceptors (Lipinski definition) is 4. The van der Waals surface area contributed by atoms with Crippen molar-refractivity contribution in [3.63, 3.8) is 0 Å². The predicted molar refractivity (Wildman–Crippen MR) is 448 cm³/mol. The summed E-state index contributed by atoms with van der Waals surface area (Å²) in [6.07, 6.45) is 4.09. The number of hydrogen-bond donors (Lipinski definition) is 0. The highest BCUT2D eigenvalue weighted by molar-refractivity contribution is 7.27. The summed E-state index contributed by atoms with van der Waals surface area (Å²) in [5.74, 6) is 0. The summed E-state index contributed by atoms with van der Waals surface area (Å²) in [5.41, 5.74) is 21.2. The molecule has 0 unspecified atom stereocenters. The summed E-state index contributed by atoms with van der Waals surface area (Å²) in [6.45, 7) is 0. The molecule has 0 amide bonds. The molecule has 0 aliphatic rings. The Hall–Kier alpha value is -13.0. The van der Waals surface area contributed by atoms with E-state index in [1.54, 1.807) is 0 Å². The van der Waals surface area contributed by atoms with Crippen molar-refractivity contribution in [2.45, 2.75) is 0 Å². The van der Waals surface area contributed by atoms with Gasteiger partial charge in [0.1, 0.15) is 0 Å². The van der Waals surface area contributed by atoms with E-state index in [1.165, 1.54) is 177 Å². The van der Waals surface area contributed by atoms with Gasteiger partial charge < -0.3 is 0 Å². The van der Waals surface area contributed by atoms with Crippen molar-refractivity contribution < 1.29 is 0 Å². The second-order valence-corrected chi connectivity index (χ2v) is 29.0. The monoisotopic (exact) mass is 1350 g/mol. The van der Waals surface area contributed by atoms with Gasteiger partial charge in [0.2, 0.25) is 0 Å². The quantitative estimate of drug-likeness (QED) is 0.135. The fraction of sp³-hybridized carbons (Fsp3) is 0. The molecule has 4 heteroatoms. The highest BCUT2D eigenvalue weighted by atomic mass is 32.1. The Morgan fingerprint density at radius 2 is 0.529 bits per heavy atom. The minimum absolute atomic E-state index is 0.975. The Morgan fingerprint density at radius 3 is 0.990 bits per heavy atom. The summed E-state index contributed by atoms with van der Waals surface area (Å²) in [7, 11) is 0. The third-order valence-corrected chi connectivity index (χ3v) is 23.5. The first-order valence-corrected chi connectivity index (χ1v) is 37.1. The van der Waals surface area contributed by atoms with E-state index in [1.807, 2.05) is 28.9 Å². The zero-order chi connectivity index (χ0) is 68.6. The molecular formula is C100H62N2S2. The van der Waals surface area contributed by atoms with Crippen LogP contribution < -0.4 is 0 Å². The van der Waals surface area contributed by atoms with Crippen molar-refractivity contribution in [2.75, 3.05) is 0 Å². The molecule has 21 rings (SSSR count). The van der Waals surface area contributed by atoms with Crippen molar-refractivity contribution in [1.29, 1.82) is 0 Å². The molecule has 0 bridgehead atoms. The smallest absolute Gasteiger partial charge is 0.0714 e. The fourth-order valence-corrected chi connectivity index (χ4v) is 18.6. The van der Waals surface area contributed by atoms with Crippen molar-refractivity contribution in [3.05, 3.63) is 376 Å². The molecule has 0 atom stereocenters. The number of fused-ring (bicyclic) bond motifs is 14. The minimum atomic E-state index is 0.975. The average Bonchev–Trinajstić information content (AvgIpc) is 1.03. The number of aromatic nitrogens is 2. The fourth-order valence-electron chi connectivity index (χ4n) is 16.1. The van der Waals surface area contributed by atoms with Gasteiger partial charge in [0.15, 0.2) is 0 Å². The lowest BCUT2D eigenvalue weighted by Crippen LogP contribution is -1.93. The maximum atomic E-state index is 5.20. The van der Waals surface area contributed by atoms with Crippen molar-refractivity contribution >= 4 is 128 Å². The van der Waals surface area contributed by atoms with Gasteiger partial charge in [0.05, 0.1) is 11.4 Å². The summed E-state index contributed by atoms with van der Waals surface area (Å²) >= 11 is 3.77. The van der Waals surface area contributed by atoms with Crippen LogP contribution in [0.3, 0.4) is 0 Å². The van der Waals surface area contributed by atoms with Crippen LogP contribution in [0.15, 0.2) is 376 Å². The van der Waals surface area contributed by atoms with E-state index < -0.39 is 0 Å². The van der Waals surface area contributed by atoms with Crippen LogP contribution in [0.4, 0.5) is 0 Å². The van der Waals surface area contributed by atoms with E-state index in [2.05, 4.69) is 370 Å². The maximum Gasteiger partial charge on any atom is 0.0714 e. The standard InChI is InChI=1S/C53H33NS.C47H29NS/c1-2-10-34(11-3-1)35-22-24-39(25-23-35)51-43-14-6-8-16-45(43)52(46-17-9-7-15-44(46)51)49-30-27-41(33-54-49)37-20-18-36(19-21-37)40-28-31-50-48(32-40)47-29-26-38-12-4-5-13-42(38)53(47)55-50;1-2-11-30(12-3-1)31-21-23-33(24-22-31)44-37-15-6-8-17-39(37)45(40-18-9-7-16-38(40)44)42-28-26-34(29-48-42)35-19-10-20-43-46(35)41-27-25-32-13-4-5-14-36(32)47(41)49-43/h1-33H;1-29H. The Kier molecular flexibility index (Phi) is 15.0. The highest BCUT2D eigenvalue weighted by Gasteiger charge is 2.22. The number of rotatable bonds is 9. The number of benzene rings is 17. The van der Waals surface area contributed by atoms with Gasteiger partial charge in [-0.3, -0.25) is 9.97 Å². The topological polar surface area (TPSA) is 25.8 Å². The van der Waals surface area contributed by atoms with Crippen molar-refractivity contribution in [3.8, 4) is 100 Å². The van der Waals surface area contributed by atoms with E-state index in [-0.39, 0.29) is 0 Å². The van der Waals surface area contributed by atoms with Crippen LogP contribution in [0.25, 0.3) is 205 Å². The Morgan fingerprint density at radius 1 is 0.183 bits per heavy atom. The summed E-state index contributed by atoms with van der Waals surface area (Å²) in [4.78, 5) is 10.3. The summed E-state index contributed by atoms with van der Waals surface area (Å²) in [6, 6.07) is 132. The van der Waals surface area contributed by atoms with Gasteiger partial charge in [0, 0.05) is 75.0 Å². The first-order chi connectivity index (χ1) is 51.6. The second-order valence-electron chi connectivity index (χ2n) is 26.9. The highest BCUT2D eigenvalue weighted by Crippen LogP contribution is 2.49. The third kappa shape index (κ3) is 10.5. The summed E-state index contributed by atoms with van der Waals surface area (Å²) in [5, 5.41) is 20.2. The minimum Gasteiger partial charge on any atom is -0.256 e. The lowest BCUT2D eigenvalue weighted by molar-refractivity contribution is 1.34. The van der Waals surface area contributed by atoms with Crippen LogP contribution >= 0.6 is 22.7 Å². The predicted octanol–water partition coefficient (Wildman–Crippen LogP) is 28.8. The maximum absolute atomic E-state index is 5.20. The largest absolute Gasteiger partial charge is 0.256 e. The third-order valence-electron chi connectivity index (χ3n) is 21.1. The first kappa shape index (κ1) is 61.0. The lowest BCUT2D eigenvalue weighted by atomic mass is 9.86. The van der Waals surface area contributed by atoms with E-state index in [4.69, 9.17) is 9.97 Å². The van der Waals surface area contributed by atoms with Crippen LogP contribution in [0.1, 0.15) is 0 Å². The molecule has 0 saturated carbocycles. The van der Waals surface area contributed by atoms with E-state index >= 15 is 0 Å². The van der Waals surface area contributed by atoms with E-state index in [9.17, 15) is 0 Å². The van der Waals surface area contributed by atoms with Gasteiger partial charge in [-0.1, -0.05) is 334 Å². The Balaban J connectivity index is 0.000000139. The number of pyridine rings is 2. The first-order valence-electron chi connectivity index (χ1n) is 35.5. The van der Waals surface area contributed by atoms with Crippen LogP contribution in [0.2, 0.25) is 0 Å². The van der Waals surface area contributed by atoms with Crippen LogP contribution in [-0.2, 0) is 0 Å². The molecule has 104 heavy (non-hydrogen) atoms. The van der Waals surface area contributed by atoms with E-state index in [0.717, 1.165) is 28.1 Å². The van der Waals surface area contributed by atoms with Crippen molar-refractivity contribution in [1.82, 2.24) is 9.97 Å². The molecule has 4 heterocycles. The van der Waals surface area contributed by atoms with Crippen molar-refractivity contribution in [2.24, 2.45) is 0 Å². The lowest BCUT2D eigenvalue weighted by Gasteiger charge is -2.17. The Labute approximate surface area is 610 Å². The Bertz CT molecular complexity index is 6780. The van der Waals surface area contributed by atoms with Gasteiger partial charge in [-0.15, -0.1) is 22.7 Å². The summed E-state index contributed by atoms with van der Waals surface area (Å²) < 4.78 is 5.34.